The molecular weight excluding hydrogens is 404 g/mol. The van der Waals surface area contributed by atoms with Crippen molar-refractivity contribution in [2.24, 2.45) is 15.8 Å². The fourth-order valence-electron chi connectivity index (χ4n) is 2.69. The monoisotopic (exact) mass is 424 g/mol. The Balaban J connectivity index is 2.03. The van der Waals surface area contributed by atoms with E-state index in [9.17, 15) is 14.7 Å². The fourth-order valence-corrected chi connectivity index (χ4v) is 3.60. The van der Waals surface area contributed by atoms with E-state index in [0.717, 1.165) is 5.56 Å². The maximum absolute atomic E-state index is 11.6. The van der Waals surface area contributed by atoms with Gasteiger partial charge in [-0.15, -0.1) is 11.3 Å². The summed E-state index contributed by atoms with van der Waals surface area (Å²) in [4.78, 5) is 28.3. The van der Waals surface area contributed by atoms with E-state index >= 15 is 0 Å². The molecule has 0 unspecified atom stereocenters. The summed E-state index contributed by atoms with van der Waals surface area (Å²) in [6.07, 6.45) is 1.64. The van der Waals surface area contributed by atoms with E-state index in [1.807, 2.05) is 12.3 Å². The average molecular weight is 424 g/mol. The number of carbonyl (C=O) groups excluding carboxylic acids is 2. The van der Waals surface area contributed by atoms with Crippen LogP contribution in [0.15, 0.2) is 57.9 Å². The van der Waals surface area contributed by atoms with Crippen LogP contribution in [0.1, 0.15) is 33.2 Å². The topological polar surface area (TPSA) is 119 Å². The molecule has 0 atom stereocenters. The van der Waals surface area contributed by atoms with Crippen LogP contribution in [0.4, 0.5) is 0 Å². The molecule has 2 aromatic carbocycles. The number of aromatic hydroxyl groups is 1. The number of nitrogens with two attached hydrogens (primary N) is 1. The Kier molecular flexibility index (Phi) is 6.43. The van der Waals surface area contributed by atoms with Crippen molar-refractivity contribution in [3.63, 3.8) is 0 Å². The van der Waals surface area contributed by atoms with Gasteiger partial charge in [-0.1, -0.05) is 12.1 Å². The SMILES string of the molecule is CCN=c1scc(-c2ccc(O)c(C(N)=O)c2)n1/N=C/c1ccc(C(=O)OC)cc1. The summed E-state index contributed by atoms with van der Waals surface area (Å²) in [6.45, 7) is 2.50. The van der Waals surface area contributed by atoms with Crippen molar-refractivity contribution >= 4 is 29.4 Å². The molecule has 30 heavy (non-hydrogen) atoms. The largest absolute Gasteiger partial charge is 0.507 e. The molecule has 0 saturated heterocycles. The Bertz CT molecular complexity index is 1180. The quantitative estimate of drug-likeness (QED) is 0.467. The lowest BCUT2D eigenvalue weighted by molar-refractivity contribution is 0.0600. The minimum atomic E-state index is -0.719. The van der Waals surface area contributed by atoms with E-state index < -0.39 is 11.9 Å². The van der Waals surface area contributed by atoms with Crippen molar-refractivity contribution in [2.45, 2.75) is 6.92 Å². The first-order chi connectivity index (χ1) is 14.4. The molecule has 1 amide bonds. The van der Waals surface area contributed by atoms with Crippen molar-refractivity contribution < 1.29 is 19.4 Å². The summed E-state index contributed by atoms with van der Waals surface area (Å²) in [5.74, 6) is -1.31. The van der Waals surface area contributed by atoms with Gasteiger partial charge in [0.2, 0.25) is 4.80 Å². The number of rotatable bonds is 6. The van der Waals surface area contributed by atoms with E-state index in [1.165, 1.54) is 30.6 Å². The van der Waals surface area contributed by atoms with Gasteiger partial charge in [-0.25, -0.2) is 9.47 Å². The maximum Gasteiger partial charge on any atom is 0.337 e. The molecule has 9 heteroatoms. The molecule has 0 spiro atoms. The van der Waals surface area contributed by atoms with Gasteiger partial charge in [0.05, 0.1) is 30.1 Å². The third kappa shape index (κ3) is 4.47. The number of hydrogen-bond donors (Lipinski definition) is 2. The van der Waals surface area contributed by atoms with Crippen LogP contribution in [-0.2, 0) is 4.74 Å². The molecule has 0 aliphatic rings. The zero-order valence-corrected chi connectivity index (χ0v) is 17.2. The summed E-state index contributed by atoms with van der Waals surface area (Å²) < 4.78 is 6.35. The van der Waals surface area contributed by atoms with Gasteiger partial charge in [-0.05, 0) is 42.8 Å². The second-order valence-electron chi connectivity index (χ2n) is 6.14. The van der Waals surface area contributed by atoms with Crippen LogP contribution >= 0.6 is 11.3 Å². The molecule has 0 aliphatic carbocycles. The van der Waals surface area contributed by atoms with E-state index in [4.69, 9.17) is 10.5 Å². The summed E-state index contributed by atoms with van der Waals surface area (Å²) in [5.41, 5.74) is 7.95. The second kappa shape index (κ2) is 9.19. The predicted molar refractivity (Wildman–Crippen MR) is 115 cm³/mol. The van der Waals surface area contributed by atoms with E-state index in [1.54, 1.807) is 41.2 Å². The third-order valence-corrected chi connectivity index (χ3v) is 5.04. The van der Waals surface area contributed by atoms with Crippen molar-refractivity contribution in [1.82, 2.24) is 4.68 Å². The van der Waals surface area contributed by atoms with Gasteiger partial charge in [-0.2, -0.15) is 5.10 Å². The molecule has 1 heterocycles. The van der Waals surface area contributed by atoms with Crippen LogP contribution in [-0.4, -0.2) is 41.5 Å². The Hall–Kier alpha value is -3.72. The van der Waals surface area contributed by atoms with E-state index in [-0.39, 0.29) is 11.3 Å². The highest BCUT2D eigenvalue weighted by molar-refractivity contribution is 7.07. The number of carbonyl (C=O) groups is 2. The summed E-state index contributed by atoms with van der Waals surface area (Å²) >= 11 is 1.40. The highest BCUT2D eigenvalue weighted by Gasteiger charge is 2.13. The average Bonchev–Trinajstić information content (AvgIpc) is 3.15. The highest BCUT2D eigenvalue weighted by atomic mass is 32.1. The first-order valence-electron chi connectivity index (χ1n) is 9.01. The van der Waals surface area contributed by atoms with E-state index in [2.05, 4.69) is 10.1 Å². The molecule has 1 aromatic heterocycles. The molecule has 3 aromatic rings. The van der Waals surface area contributed by atoms with Crippen molar-refractivity contribution in [3.05, 3.63) is 69.3 Å². The number of esters is 1. The molecule has 0 aliphatic heterocycles. The zero-order valence-electron chi connectivity index (χ0n) is 16.4. The summed E-state index contributed by atoms with van der Waals surface area (Å²) in [7, 11) is 1.33. The van der Waals surface area contributed by atoms with Gasteiger partial charge < -0.3 is 15.6 Å². The number of benzene rings is 2. The summed E-state index contributed by atoms with van der Waals surface area (Å²) in [5, 5.41) is 16.3. The van der Waals surface area contributed by atoms with Crippen LogP contribution in [0.3, 0.4) is 0 Å². The Morgan fingerprint density at radius 3 is 2.60 bits per heavy atom. The minimum absolute atomic E-state index is 0.0293. The number of thiazole rings is 1. The molecule has 0 radical (unpaired) electrons. The van der Waals surface area contributed by atoms with Crippen LogP contribution in [0, 0.1) is 0 Å². The number of amides is 1. The second-order valence-corrected chi connectivity index (χ2v) is 6.98. The molecule has 0 bridgehead atoms. The van der Waals surface area contributed by atoms with Gasteiger partial charge in [0.15, 0.2) is 0 Å². The smallest absolute Gasteiger partial charge is 0.337 e. The fraction of sp³-hybridized carbons (Fsp3) is 0.143. The molecule has 0 saturated carbocycles. The number of methoxy groups -OCH3 is 1. The van der Waals surface area contributed by atoms with Crippen molar-refractivity contribution in [1.29, 1.82) is 0 Å². The number of aromatic nitrogens is 1. The molecule has 0 fully saturated rings. The number of ether oxygens (including phenoxy) is 1. The van der Waals surface area contributed by atoms with Gasteiger partial charge in [0, 0.05) is 17.5 Å². The van der Waals surface area contributed by atoms with Crippen LogP contribution < -0.4 is 10.5 Å². The van der Waals surface area contributed by atoms with E-state index in [0.29, 0.717) is 28.2 Å². The Labute approximate surface area is 176 Å². The lowest BCUT2D eigenvalue weighted by Gasteiger charge is -2.06. The number of phenols is 1. The number of hydrogen-bond acceptors (Lipinski definition) is 7. The normalized spacial score (nSPS) is 11.7. The molecule has 8 nitrogen and oxygen atoms in total. The predicted octanol–water partition coefficient (Wildman–Crippen LogP) is 2.61. The molecule has 3 N–H and O–H groups in total. The van der Waals surface area contributed by atoms with Crippen LogP contribution in [0.2, 0.25) is 0 Å². The zero-order chi connectivity index (χ0) is 21.7. The molecular formula is C21H20N4O4S. The number of nitrogens with zero attached hydrogens (tertiary/aromatic N) is 3. The lowest BCUT2D eigenvalue weighted by atomic mass is 10.1. The molecule has 3 rings (SSSR count). The van der Waals surface area contributed by atoms with Gasteiger partial charge in [-0.3, -0.25) is 9.79 Å². The number of primary amides is 1. The van der Waals surface area contributed by atoms with Crippen molar-refractivity contribution in [3.8, 4) is 17.0 Å². The first-order valence-corrected chi connectivity index (χ1v) is 9.89. The summed E-state index contributed by atoms with van der Waals surface area (Å²) in [6, 6.07) is 11.4. The first kappa shape index (κ1) is 21.0. The standard InChI is InChI=1S/C21H20N4O4S/c1-3-23-21-25(24-11-13-4-6-14(7-5-13)20(28)29-2)17(12-30-21)15-8-9-18(26)16(10-15)19(22)27/h4-12,26H,3H2,1-2H3,(H2,22,27)/b23-21?,24-11+. The molecule has 154 valence electrons. The van der Waals surface area contributed by atoms with Crippen LogP contribution in [0.5, 0.6) is 5.75 Å². The highest BCUT2D eigenvalue weighted by Crippen LogP contribution is 2.26. The lowest BCUT2D eigenvalue weighted by Crippen LogP contribution is -2.13. The third-order valence-electron chi connectivity index (χ3n) is 4.19. The van der Waals surface area contributed by atoms with Gasteiger partial charge >= 0.3 is 5.97 Å². The maximum atomic E-state index is 11.6. The van der Waals surface area contributed by atoms with Gasteiger partial charge in [0.1, 0.15) is 5.75 Å². The Morgan fingerprint density at radius 2 is 1.97 bits per heavy atom. The van der Waals surface area contributed by atoms with Crippen molar-refractivity contribution in [2.75, 3.05) is 13.7 Å². The van der Waals surface area contributed by atoms with Crippen LogP contribution in [0.25, 0.3) is 11.3 Å². The van der Waals surface area contributed by atoms with Gasteiger partial charge in [0.25, 0.3) is 5.91 Å². The Morgan fingerprint density at radius 1 is 1.23 bits per heavy atom. The minimum Gasteiger partial charge on any atom is -0.507 e.